The molecule has 1 saturated heterocycles. The molecule has 0 amide bonds. The van der Waals surface area contributed by atoms with Crippen LogP contribution >= 0.6 is 0 Å². The van der Waals surface area contributed by atoms with Gasteiger partial charge in [0.25, 0.3) is 0 Å². The second-order valence-electron chi connectivity index (χ2n) is 4.70. The summed E-state index contributed by atoms with van der Waals surface area (Å²) in [7, 11) is 0. The van der Waals surface area contributed by atoms with Gasteiger partial charge in [-0.05, 0) is 32.0 Å². The summed E-state index contributed by atoms with van der Waals surface area (Å²) in [5, 5.41) is 3.34. The van der Waals surface area contributed by atoms with E-state index in [0.29, 0.717) is 6.04 Å². The first-order valence-corrected chi connectivity index (χ1v) is 6.28. The van der Waals surface area contributed by atoms with E-state index in [2.05, 4.69) is 21.9 Å². The molecule has 1 atom stereocenters. The van der Waals surface area contributed by atoms with Crippen molar-refractivity contribution in [2.24, 2.45) is 0 Å². The van der Waals surface area contributed by atoms with Gasteiger partial charge in [0.15, 0.2) is 0 Å². The SMILES string of the molecule is CC1CN(c2cccc(OC(F)(F)F)c2)CCCN1. The summed E-state index contributed by atoms with van der Waals surface area (Å²) < 4.78 is 40.5. The Labute approximate surface area is 110 Å². The van der Waals surface area contributed by atoms with Crippen molar-refractivity contribution in [3.05, 3.63) is 24.3 Å². The number of alkyl halides is 3. The van der Waals surface area contributed by atoms with E-state index in [9.17, 15) is 13.2 Å². The molecule has 1 aliphatic heterocycles. The van der Waals surface area contributed by atoms with Crippen molar-refractivity contribution >= 4 is 5.69 Å². The Kier molecular flexibility index (Phi) is 4.19. The molecular weight excluding hydrogens is 257 g/mol. The Morgan fingerprint density at radius 1 is 1.37 bits per heavy atom. The van der Waals surface area contributed by atoms with Gasteiger partial charge in [-0.15, -0.1) is 13.2 Å². The number of hydrogen-bond donors (Lipinski definition) is 1. The predicted octanol–water partition coefficient (Wildman–Crippen LogP) is 2.77. The monoisotopic (exact) mass is 274 g/mol. The van der Waals surface area contributed by atoms with Crippen LogP contribution in [0.3, 0.4) is 0 Å². The zero-order chi connectivity index (χ0) is 13.9. The largest absolute Gasteiger partial charge is 0.573 e. The maximum absolute atomic E-state index is 12.2. The van der Waals surface area contributed by atoms with Crippen LogP contribution in [-0.4, -0.2) is 32.0 Å². The van der Waals surface area contributed by atoms with E-state index < -0.39 is 6.36 Å². The van der Waals surface area contributed by atoms with Crippen molar-refractivity contribution in [1.82, 2.24) is 5.32 Å². The summed E-state index contributed by atoms with van der Waals surface area (Å²) in [5.41, 5.74) is 0.761. The molecule has 3 nitrogen and oxygen atoms in total. The summed E-state index contributed by atoms with van der Waals surface area (Å²) in [4.78, 5) is 2.08. The third kappa shape index (κ3) is 4.31. The highest BCUT2D eigenvalue weighted by atomic mass is 19.4. The van der Waals surface area contributed by atoms with Crippen LogP contribution in [-0.2, 0) is 0 Å². The van der Waals surface area contributed by atoms with Crippen molar-refractivity contribution in [2.45, 2.75) is 25.7 Å². The number of nitrogens with zero attached hydrogens (tertiary/aromatic N) is 1. The van der Waals surface area contributed by atoms with Gasteiger partial charge in [0.2, 0.25) is 0 Å². The Bertz CT molecular complexity index is 423. The van der Waals surface area contributed by atoms with E-state index in [1.807, 2.05) is 0 Å². The molecule has 0 saturated carbocycles. The second kappa shape index (κ2) is 5.69. The number of nitrogens with one attached hydrogen (secondary N) is 1. The van der Waals surface area contributed by atoms with Crippen LogP contribution in [0.1, 0.15) is 13.3 Å². The Morgan fingerprint density at radius 3 is 2.89 bits per heavy atom. The van der Waals surface area contributed by atoms with Gasteiger partial charge in [0.05, 0.1) is 0 Å². The smallest absolute Gasteiger partial charge is 0.406 e. The highest BCUT2D eigenvalue weighted by Gasteiger charge is 2.31. The molecule has 6 heteroatoms. The fourth-order valence-corrected chi connectivity index (χ4v) is 2.22. The molecule has 1 aliphatic rings. The highest BCUT2D eigenvalue weighted by molar-refractivity contribution is 5.51. The lowest BCUT2D eigenvalue weighted by molar-refractivity contribution is -0.274. The van der Waals surface area contributed by atoms with E-state index >= 15 is 0 Å². The summed E-state index contributed by atoms with van der Waals surface area (Å²) in [5.74, 6) is -0.171. The third-order valence-electron chi connectivity index (χ3n) is 3.01. The molecule has 0 aliphatic carbocycles. The molecule has 19 heavy (non-hydrogen) atoms. The van der Waals surface area contributed by atoms with Crippen molar-refractivity contribution < 1.29 is 17.9 Å². The molecule has 1 heterocycles. The first-order valence-electron chi connectivity index (χ1n) is 6.28. The van der Waals surface area contributed by atoms with Crippen molar-refractivity contribution in [2.75, 3.05) is 24.5 Å². The Morgan fingerprint density at radius 2 is 2.16 bits per heavy atom. The fraction of sp³-hybridized carbons (Fsp3) is 0.538. The third-order valence-corrected chi connectivity index (χ3v) is 3.01. The zero-order valence-electron chi connectivity index (χ0n) is 10.7. The molecule has 0 bridgehead atoms. The summed E-state index contributed by atoms with van der Waals surface area (Å²) in [6.45, 7) is 4.59. The van der Waals surface area contributed by atoms with E-state index in [0.717, 1.165) is 31.7 Å². The number of benzene rings is 1. The number of rotatable bonds is 2. The van der Waals surface area contributed by atoms with Crippen LogP contribution in [0.15, 0.2) is 24.3 Å². The van der Waals surface area contributed by atoms with Gasteiger partial charge in [-0.25, -0.2) is 0 Å². The summed E-state index contributed by atoms with van der Waals surface area (Å²) >= 11 is 0. The van der Waals surface area contributed by atoms with Crippen LogP contribution in [0.25, 0.3) is 0 Å². The molecule has 106 valence electrons. The van der Waals surface area contributed by atoms with Gasteiger partial charge in [-0.1, -0.05) is 6.07 Å². The van der Waals surface area contributed by atoms with Crippen LogP contribution in [0.5, 0.6) is 5.75 Å². The minimum atomic E-state index is -4.65. The normalized spacial score (nSPS) is 21.1. The van der Waals surface area contributed by atoms with Gasteiger partial charge >= 0.3 is 6.36 Å². The molecule has 1 unspecified atom stereocenters. The van der Waals surface area contributed by atoms with Crippen LogP contribution < -0.4 is 15.0 Å². The summed E-state index contributed by atoms with van der Waals surface area (Å²) in [6, 6.07) is 6.46. The Hall–Kier alpha value is -1.43. The van der Waals surface area contributed by atoms with E-state index in [1.54, 1.807) is 12.1 Å². The van der Waals surface area contributed by atoms with Gasteiger partial charge < -0.3 is 15.0 Å². The number of anilines is 1. The minimum absolute atomic E-state index is 0.171. The lowest BCUT2D eigenvalue weighted by Crippen LogP contribution is -2.35. The highest BCUT2D eigenvalue weighted by Crippen LogP contribution is 2.27. The summed E-state index contributed by atoms with van der Waals surface area (Å²) in [6.07, 6.45) is -3.68. The molecule has 0 aromatic heterocycles. The second-order valence-corrected chi connectivity index (χ2v) is 4.70. The standard InChI is InChI=1S/C13H17F3N2O/c1-10-9-18(7-3-6-17-10)11-4-2-5-12(8-11)19-13(14,15)16/h2,4-5,8,10,17H,3,6-7,9H2,1H3. The lowest BCUT2D eigenvalue weighted by Gasteiger charge is -2.25. The Balaban J connectivity index is 2.13. The molecule has 0 radical (unpaired) electrons. The van der Waals surface area contributed by atoms with Crippen molar-refractivity contribution in [3.8, 4) is 5.75 Å². The van der Waals surface area contributed by atoms with Crippen molar-refractivity contribution in [3.63, 3.8) is 0 Å². The zero-order valence-corrected chi connectivity index (χ0v) is 10.7. The first kappa shape index (κ1) is 14.0. The minimum Gasteiger partial charge on any atom is -0.406 e. The molecular formula is C13H17F3N2O. The molecule has 1 N–H and O–H groups in total. The van der Waals surface area contributed by atoms with Gasteiger partial charge in [0, 0.05) is 30.9 Å². The number of halogens is 3. The maximum Gasteiger partial charge on any atom is 0.573 e. The molecule has 2 rings (SSSR count). The van der Waals surface area contributed by atoms with Gasteiger partial charge in [0.1, 0.15) is 5.75 Å². The van der Waals surface area contributed by atoms with Gasteiger partial charge in [-0.2, -0.15) is 0 Å². The average Bonchev–Trinajstić information content (AvgIpc) is 2.52. The first-order chi connectivity index (χ1) is 8.94. The topological polar surface area (TPSA) is 24.5 Å². The molecule has 0 spiro atoms. The number of ether oxygens (including phenoxy) is 1. The predicted molar refractivity (Wildman–Crippen MR) is 67.4 cm³/mol. The average molecular weight is 274 g/mol. The van der Waals surface area contributed by atoms with Crippen molar-refractivity contribution in [1.29, 1.82) is 0 Å². The van der Waals surface area contributed by atoms with Crippen LogP contribution in [0.2, 0.25) is 0 Å². The molecule has 1 aromatic carbocycles. The van der Waals surface area contributed by atoms with E-state index in [4.69, 9.17) is 0 Å². The molecule has 1 fully saturated rings. The lowest BCUT2D eigenvalue weighted by atomic mass is 10.2. The molecule has 1 aromatic rings. The van der Waals surface area contributed by atoms with Crippen LogP contribution in [0.4, 0.5) is 18.9 Å². The van der Waals surface area contributed by atoms with E-state index in [1.165, 1.54) is 12.1 Å². The van der Waals surface area contributed by atoms with E-state index in [-0.39, 0.29) is 5.75 Å². The van der Waals surface area contributed by atoms with Gasteiger partial charge in [-0.3, -0.25) is 0 Å². The fourth-order valence-electron chi connectivity index (χ4n) is 2.22. The quantitative estimate of drug-likeness (QED) is 0.897. The maximum atomic E-state index is 12.2. The van der Waals surface area contributed by atoms with Crippen LogP contribution in [0, 0.1) is 0 Å². The number of hydrogen-bond acceptors (Lipinski definition) is 3.